The Morgan fingerprint density at radius 3 is 2.53 bits per heavy atom. The van der Waals surface area contributed by atoms with Crippen molar-refractivity contribution in [3.05, 3.63) is 22.3 Å². The summed E-state index contributed by atoms with van der Waals surface area (Å²) in [7, 11) is 0. The molecule has 0 atom stereocenters. The van der Waals surface area contributed by atoms with Gasteiger partial charge in [-0.25, -0.2) is 0 Å². The molecule has 2 aliphatic heterocycles. The lowest BCUT2D eigenvalue weighted by molar-refractivity contribution is -0.136. The highest BCUT2D eigenvalue weighted by atomic mass is 16.5. The molecule has 0 radical (unpaired) electrons. The Bertz CT molecular complexity index is 470. The van der Waals surface area contributed by atoms with E-state index in [2.05, 4.69) is 0 Å². The Balaban J connectivity index is 2.22. The van der Waals surface area contributed by atoms with Gasteiger partial charge in [0.05, 0.1) is 19.6 Å². The van der Waals surface area contributed by atoms with E-state index in [4.69, 9.17) is 14.6 Å². The molecule has 0 saturated heterocycles. The van der Waals surface area contributed by atoms with Crippen LogP contribution in [0.2, 0.25) is 0 Å². The zero-order valence-electron chi connectivity index (χ0n) is 9.71. The number of carboxylic acid groups (broad SMARTS) is 1. The van der Waals surface area contributed by atoms with Crippen LogP contribution in [0.1, 0.15) is 22.3 Å². The summed E-state index contributed by atoms with van der Waals surface area (Å²) < 4.78 is 11.2. The third-order valence-electron chi connectivity index (χ3n) is 3.50. The molecular weight excluding hydrogens is 220 g/mol. The molecule has 0 spiro atoms. The fourth-order valence-electron chi connectivity index (χ4n) is 2.77. The van der Waals surface area contributed by atoms with Gasteiger partial charge in [0, 0.05) is 29.5 Å². The van der Waals surface area contributed by atoms with Crippen LogP contribution in [0.4, 0.5) is 0 Å². The first-order chi connectivity index (χ1) is 8.18. The summed E-state index contributed by atoms with van der Waals surface area (Å²) in [5.41, 5.74) is 4.11. The summed E-state index contributed by atoms with van der Waals surface area (Å²) >= 11 is 0. The van der Waals surface area contributed by atoms with Crippen LogP contribution in [-0.4, -0.2) is 24.3 Å². The predicted octanol–water partition coefficient (Wildman–Crippen LogP) is 1.49. The highest BCUT2D eigenvalue weighted by Gasteiger charge is 2.30. The zero-order chi connectivity index (χ0) is 12.0. The first-order valence-electron chi connectivity index (χ1n) is 5.83. The van der Waals surface area contributed by atoms with Crippen molar-refractivity contribution >= 4 is 5.97 Å². The van der Waals surface area contributed by atoms with Gasteiger partial charge in [0.2, 0.25) is 0 Å². The van der Waals surface area contributed by atoms with Crippen LogP contribution in [0.5, 0.6) is 11.5 Å². The Labute approximate surface area is 99.2 Å². The van der Waals surface area contributed by atoms with Crippen molar-refractivity contribution in [3.63, 3.8) is 0 Å². The fraction of sp³-hybridized carbons (Fsp3) is 0.462. The normalized spacial score (nSPS) is 16.1. The molecule has 1 N–H and O–H groups in total. The number of carboxylic acids is 1. The maximum absolute atomic E-state index is 11.0. The van der Waals surface area contributed by atoms with Crippen molar-refractivity contribution in [1.82, 2.24) is 0 Å². The molecule has 4 heteroatoms. The maximum atomic E-state index is 11.0. The molecule has 0 aliphatic carbocycles. The molecule has 0 unspecified atom stereocenters. The fourth-order valence-corrected chi connectivity index (χ4v) is 2.77. The second-order valence-electron chi connectivity index (χ2n) is 4.49. The van der Waals surface area contributed by atoms with E-state index in [1.54, 1.807) is 0 Å². The van der Waals surface area contributed by atoms with Gasteiger partial charge in [-0.1, -0.05) is 0 Å². The SMILES string of the molecule is Cc1c2c(c(CC(=O)O)c3c1OCC3)OCC2. The third kappa shape index (κ3) is 1.47. The van der Waals surface area contributed by atoms with Gasteiger partial charge in [-0.2, -0.15) is 0 Å². The number of hydrogen-bond donors (Lipinski definition) is 1. The lowest BCUT2D eigenvalue weighted by Gasteiger charge is -2.14. The molecule has 0 saturated carbocycles. The second kappa shape index (κ2) is 3.65. The highest BCUT2D eigenvalue weighted by molar-refractivity contribution is 5.75. The van der Waals surface area contributed by atoms with E-state index in [0.29, 0.717) is 13.2 Å². The quantitative estimate of drug-likeness (QED) is 0.842. The van der Waals surface area contributed by atoms with E-state index in [-0.39, 0.29) is 6.42 Å². The summed E-state index contributed by atoms with van der Waals surface area (Å²) in [5.74, 6) is 0.875. The molecule has 2 aliphatic rings. The van der Waals surface area contributed by atoms with Crippen LogP contribution in [0.25, 0.3) is 0 Å². The molecule has 0 fully saturated rings. The van der Waals surface area contributed by atoms with Crippen LogP contribution < -0.4 is 9.47 Å². The number of carbonyl (C=O) groups is 1. The van der Waals surface area contributed by atoms with Crippen LogP contribution in [0.15, 0.2) is 0 Å². The van der Waals surface area contributed by atoms with E-state index in [0.717, 1.165) is 46.6 Å². The van der Waals surface area contributed by atoms with Gasteiger partial charge in [-0.05, 0) is 12.5 Å². The Morgan fingerprint density at radius 2 is 1.82 bits per heavy atom. The maximum Gasteiger partial charge on any atom is 0.307 e. The van der Waals surface area contributed by atoms with Gasteiger partial charge in [0.1, 0.15) is 11.5 Å². The van der Waals surface area contributed by atoms with E-state index < -0.39 is 5.97 Å². The first kappa shape index (κ1) is 10.4. The van der Waals surface area contributed by atoms with E-state index in [1.807, 2.05) is 6.92 Å². The molecule has 1 aromatic rings. The minimum absolute atomic E-state index is 0.0221. The minimum Gasteiger partial charge on any atom is -0.493 e. The second-order valence-corrected chi connectivity index (χ2v) is 4.49. The third-order valence-corrected chi connectivity index (χ3v) is 3.50. The first-order valence-corrected chi connectivity index (χ1v) is 5.83. The van der Waals surface area contributed by atoms with Crippen molar-refractivity contribution < 1.29 is 19.4 Å². The lowest BCUT2D eigenvalue weighted by Crippen LogP contribution is -2.06. The Morgan fingerprint density at radius 1 is 1.18 bits per heavy atom. The van der Waals surface area contributed by atoms with Crippen molar-refractivity contribution in [2.24, 2.45) is 0 Å². The zero-order valence-corrected chi connectivity index (χ0v) is 9.71. The highest BCUT2D eigenvalue weighted by Crippen LogP contribution is 2.44. The molecule has 0 aromatic heterocycles. The number of fused-ring (bicyclic) bond motifs is 2. The summed E-state index contributed by atoms with van der Waals surface area (Å²) in [6, 6.07) is 0. The molecule has 3 rings (SSSR count). The minimum atomic E-state index is -0.819. The number of aliphatic carboxylic acids is 1. The number of benzene rings is 1. The van der Waals surface area contributed by atoms with Crippen molar-refractivity contribution in [1.29, 1.82) is 0 Å². The summed E-state index contributed by atoms with van der Waals surface area (Å²) in [6.45, 7) is 3.32. The molecule has 2 heterocycles. The average molecular weight is 234 g/mol. The lowest BCUT2D eigenvalue weighted by atomic mass is 9.93. The van der Waals surface area contributed by atoms with E-state index >= 15 is 0 Å². The smallest absolute Gasteiger partial charge is 0.307 e. The Hall–Kier alpha value is -1.71. The molecule has 0 amide bonds. The number of ether oxygens (including phenoxy) is 2. The van der Waals surface area contributed by atoms with Crippen molar-refractivity contribution in [2.75, 3.05) is 13.2 Å². The molecule has 90 valence electrons. The van der Waals surface area contributed by atoms with Crippen LogP contribution in [0.3, 0.4) is 0 Å². The standard InChI is InChI=1S/C13H14O4/c1-7-8-2-4-17-13(8)10(6-11(14)15)9-3-5-16-12(7)9/h2-6H2,1H3,(H,14,15). The van der Waals surface area contributed by atoms with Gasteiger partial charge < -0.3 is 14.6 Å². The van der Waals surface area contributed by atoms with Gasteiger partial charge in [0.15, 0.2) is 0 Å². The summed E-state index contributed by atoms with van der Waals surface area (Å²) in [4.78, 5) is 11.0. The van der Waals surface area contributed by atoms with E-state index in [9.17, 15) is 4.79 Å². The molecule has 4 nitrogen and oxygen atoms in total. The van der Waals surface area contributed by atoms with Gasteiger partial charge >= 0.3 is 5.97 Å². The van der Waals surface area contributed by atoms with Gasteiger partial charge in [-0.15, -0.1) is 0 Å². The molecule has 17 heavy (non-hydrogen) atoms. The van der Waals surface area contributed by atoms with Crippen LogP contribution >= 0.6 is 0 Å². The molecule has 0 bridgehead atoms. The van der Waals surface area contributed by atoms with Crippen molar-refractivity contribution in [3.8, 4) is 11.5 Å². The monoisotopic (exact) mass is 234 g/mol. The van der Waals surface area contributed by atoms with Gasteiger partial charge in [-0.3, -0.25) is 4.79 Å². The van der Waals surface area contributed by atoms with Gasteiger partial charge in [0.25, 0.3) is 0 Å². The van der Waals surface area contributed by atoms with Crippen LogP contribution in [0, 0.1) is 6.92 Å². The summed E-state index contributed by atoms with van der Waals surface area (Å²) in [5, 5.41) is 9.00. The average Bonchev–Trinajstić information content (AvgIpc) is 2.92. The number of hydrogen-bond acceptors (Lipinski definition) is 3. The predicted molar refractivity (Wildman–Crippen MR) is 60.9 cm³/mol. The molecular formula is C13H14O4. The summed E-state index contributed by atoms with van der Waals surface area (Å²) in [6.07, 6.45) is 1.66. The molecule has 1 aromatic carbocycles. The van der Waals surface area contributed by atoms with Crippen molar-refractivity contribution in [2.45, 2.75) is 26.2 Å². The number of rotatable bonds is 2. The van der Waals surface area contributed by atoms with Crippen LogP contribution in [-0.2, 0) is 24.1 Å². The Kier molecular flexibility index (Phi) is 2.24. The van der Waals surface area contributed by atoms with E-state index in [1.165, 1.54) is 0 Å². The largest absolute Gasteiger partial charge is 0.493 e. The topological polar surface area (TPSA) is 55.8 Å².